The lowest BCUT2D eigenvalue weighted by Crippen LogP contribution is -2.38. The van der Waals surface area contributed by atoms with Crippen LogP contribution >= 0.6 is 23.5 Å². The molecule has 1 fully saturated rings. The van der Waals surface area contributed by atoms with Crippen LogP contribution in [0.4, 0.5) is 5.69 Å². The van der Waals surface area contributed by atoms with Crippen molar-refractivity contribution in [3.63, 3.8) is 0 Å². The molecule has 0 saturated carbocycles. The number of nitrogens with zero attached hydrogens (tertiary/aromatic N) is 5. The molecule has 1 aliphatic heterocycles. The van der Waals surface area contributed by atoms with E-state index in [4.69, 9.17) is 16.6 Å². The molecule has 0 N–H and O–H groups in total. The first-order valence-electron chi connectivity index (χ1n) is 11.8. The summed E-state index contributed by atoms with van der Waals surface area (Å²) in [4.78, 5) is 14.3. The molecule has 34 heavy (non-hydrogen) atoms. The summed E-state index contributed by atoms with van der Waals surface area (Å²) in [5.41, 5.74) is 5.21. The molecule has 7 heteroatoms. The van der Waals surface area contributed by atoms with Gasteiger partial charge in [-0.25, -0.2) is 4.98 Å². The maximum Gasteiger partial charge on any atom is 0.171 e. The van der Waals surface area contributed by atoms with Crippen molar-refractivity contribution in [2.24, 2.45) is 0 Å². The number of pyridine rings is 1. The van der Waals surface area contributed by atoms with Crippen molar-refractivity contribution in [2.45, 2.75) is 18.8 Å². The molecule has 4 aromatic rings. The van der Waals surface area contributed by atoms with Crippen LogP contribution in [0.3, 0.4) is 0 Å². The molecule has 1 saturated heterocycles. The van der Waals surface area contributed by atoms with Gasteiger partial charge in [-0.3, -0.25) is 8.96 Å². The number of likely N-dealkylation sites (N-methyl/N-ethyl adjacent to an activating group) is 1. The van der Waals surface area contributed by atoms with Crippen LogP contribution in [-0.4, -0.2) is 58.3 Å². The second-order valence-corrected chi connectivity index (χ2v) is 9.95. The highest BCUT2D eigenvalue weighted by atomic mass is 35.5. The SMILES string of the molecule is CSn1c(-c2nccc(N(C)CCN3CCC(c4ccccc4)CC3)c2Cl)nc2ccccc21. The van der Waals surface area contributed by atoms with Crippen LogP contribution in [-0.2, 0) is 0 Å². The monoisotopic (exact) mass is 491 g/mol. The third-order valence-corrected chi connectivity index (χ3v) is 7.91. The number of hydrogen-bond acceptors (Lipinski definition) is 5. The van der Waals surface area contributed by atoms with Crippen molar-refractivity contribution in [1.29, 1.82) is 0 Å². The van der Waals surface area contributed by atoms with Gasteiger partial charge in [0.25, 0.3) is 0 Å². The van der Waals surface area contributed by atoms with Crippen molar-refractivity contribution in [3.8, 4) is 11.5 Å². The molecule has 1 aliphatic rings. The van der Waals surface area contributed by atoms with Crippen LogP contribution in [0.15, 0.2) is 66.9 Å². The average Bonchev–Trinajstić information content (AvgIpc) is 3.26. The summed E-state index contributed by atoms with van der Waals surface area (Å²) < 4.78 is 2.10. The molecule has 0 amide bonds. The fraction of sp³-hybridized carbons (Fsp3) is 0.333. The van der Waals surface area contributed by atoms with E-state index in [0.717, 1.165) is 54.4 Å². The Morgan fingerprint density at radius 1 is 1.03 bits per heavy atom. The summed E-state index contributed by atoms with van der Waals surface area (Å²) in [6, 6.07) is 21.1. The van der Waals surface area contributed by atoms with E-state index in [1.807, 2.05) is 36.7 Å². The molecular formula is C27H30ClN5S. The molecule has 0 radical (unpaired) electrons. The number of halogens is 1. The van der Waals surface area contributed by atoms with Crippen LogP contribution in [0.5, 0.6) is 0 Å². The van der Waals surface area contributed by atoms with Gasteiger partial charge in [0.2, 0.25) is 0 Å². The van der Waals surface area contributed by atoms with E-state index in [1.165, 1.54) is 18.4 Å². The second kappa shape index (κ2) is 10.4. The minimum Gasteiger partial charge on any atom is -0.372 e. The van der Waals surface area contributed by atoms with Gasteiger partial charge < -0.3 is 9.80 Å². The Hall–Kier alpha value is -2.54. The van der Waals surface area contributed by atoms with E-state index in [1.54, 1.807) is 11.9 Å². The zero-order valence-corrected chi connectivity index (χ0v) is 21.3. The Balaban J connectivity index is 1.27. The summed E-state index contributed by atoms with van der Waals surface area (Å²) in [5, 5.41) is 0.651. The third-order valence-electron chi connectivity index (χ3n) is 6.80. The summed E-state index contributed by atoms with van der Waals surface area (Å²) in [7, 11) is 2.11. The largest absolute Gasteiger partial charge is 0.372 e. The minimum atomic E-state index is 0.651. The molecule has 0 atom stereocenters. The molecule has 3 heterocycles. The lowest BCUT2D eigenvalue weighted by atomic mass is 9.89. The van der Waals surface area contributed by atoms with E-state index in [9.17, 15) is 0 Å². The molecular weight excluding hydrogens is 462 g/mol. The summed E-state index contributed by atoms with van der Waals surface area (Å²) in [6.45, 7) is 4.22. The zero-order chi connectivity index (χ0) is 23.5. The Morgan fingerprint density at radius 2 is 1.76 bits per heavy atom. The molecule has 5 nitrogen and oxygen atoms in total. The lowest BCUT2D eigenvalue weighted by molar-refractivity contribution is 0.217. The van der Waals surface area contributed by atoms with Crippen LogP contribution in [0, 0.1) is 0 Å². The number of aromatic nitrogens is 3. The first kappa shape index (κ1) is 23.2. The van der Waals surface area contributed by atoms with Gasteiger partial charge in [0.05, 0.1) is 21.7 Å². The topological polar surface area (TPSA) is 37.2 Å². The Labute approximate surface area is 210 Å². The number of fused-ring (bicyclic) bond motifs is 1. The van der Waals surface area contributed by atoms with E-state index >= 15 is 0 Å². The van der Waals surface area contributed by atoms with Crippen molar-refractivity contribution in [2.75, 3.05) is 44.4 Å². The highest BCUT2D eigenvalue weighted by Crippen LogP contribution is 2.36. The summed E-state index contributed by atoms with van der Waals surface area (Å²) in [6.07, 6.45) is 6.32. The third kappa shape index (κ3) is 4.67. The highest BCUT2D eigenvalue weighted by Gasteiger charge is 2.22. The standard InChI is InChI=1S/C27H30ClN5S/c1-31(18-19-32-16-13-21(14-17-32)20-8-4-3-5-9-20)24-12-15-29-26(25(24)28)27-30-22-10-6-7-11-23(22)33(27)34-2/h3-12,15,21H,13-14,16-19H2,1-2H3. The number of likely N-dealkylation sites (tertiary alicyclic amines) is 1. The van der Waals surface area contributed by atoms with Crippen LogP contribution in [0.25, 0.3) is 22.6 Å². The number of rotatable bonds is 7. The first-order valence-corrected chi connectivity index (χ1v) is 13.4. The Kier molecular flexibility index (Phi) is 7.09. The normalized spacial score (nSPS) is 15.1. The molecule has 176 valence electrons. The Bertz CT molecular complexity index is 1250. The number of benzene rings is 2. The smallest absolute Gasteiger partial charge is 0.171 e. The van der Waals surface area contributed by atoms with E-state index in [2.05, 4.69) is 62.2 Å². The van der Waals surface area contributed by atoms with Gasteiger partial charge in [-0.2, -0.15) is 0 Å². The van der Waals surface area contributed by atoms with E-state index in [0.29, 0.717) is 10.9 Å². The molecule has 5 rings (SSSR count). The van der Waals surface area contributed by atoms with E-state index < -0.39 is 0 Å². The quantitative estimate of drug-likeness (QED) is 0.308. The number of hydrogen-bond donors (Lipinski definition) is 0. The number of imidazole rings is 1. The van der Waals surface area contributed by atoms with Gasteiger partial charge in [-0.1, -0.05) is 54.1 Å². The van der Waals surface area contributed by atoms with Gasteiger partial charge in [0.15, 0.2) is 5.82 Å². The molecule has 0 bridgehead atoms. The molecule has 2 aromatic carbocycles. The predicted octanol–water partition coefficient (Wildman–Crippen LogP) is 6.19. The van der Waals surface area contributed by atoms with Gasteiger partial charge in [-0.15, -0.1) is 0 Å². The summed E-state index contributed by atoms with van der Waals surface area (Å²) >= 11 is 8.53. The van der Waals surface area contributed by atoms with Gasteiger partial charge in [0.1, 0.15) is 5.69 Å². The minimum absolute atomic E-state index is 0.651. The van der Waals surface area contributed by atoms with E-state index in [-0.39, 0.29) is 0 Å². The lowest BCUT2D eigenvalue weighted by Gasteiger charge is -2.33. The van der Waals surface area contributed by atoms with Crippen molar-refractivity contribution >= 4 is 40.3 Å². The fourth-order valence-corrected chi connectivity index (χ4v) is 5.84. The number of anilines is 1. The number of piperidine rings is 1. The average molecular weight is 492 g/mol. The fourth-order valence-electron chi connectivity index (χ4n) is 4.85. The summed E-state index contributed by atoms with van der Waals surface area (Å²) in [5.74, 6) is 1.47. The van der Waals surface area contributed by atoms with Crippen LogP contribution in [0.2, 0.25) is 5.02 Å². The van der Waals surface area contributed by atoms with Crippen molar-refractivity contribution < 1.29 is 0 Å². The molecule has 2 aromatic heterocycles. The van der Waals surface area contributed by atoms with Gasteiger partial charge in [0, 0.05) is 32.6 Å². The number of para-hydroxylation sites is 2. The van der Waals surface area contributed by atoms with Gasteiger partial charge >= 0.3 is 0 Å². The zero-order valence-electron chi connectivity index (χ0n) is 19.7. The predicted molar refractivity (Wildman–Crippen MR) is 145 cm³/mol. The Morgan fingerprint density at radius 3 is 2.53 bits per heavy atom. The maximum atomic E-state index is 6.92. The maximum absolute atomic E-state index is 6.92. The first-order chi connectivity index (χ1) is 16.7. The molecule has 0 aliphatic carbocycles. The van der Waals surface area contributed by atoms with Crippen LogP contribution in [0.1, 0.15) is 24.3 Å². The van der Waals surface area contributed by atoms with Crippen molar-refractivity contribution in [3.05, 3.63) is 77.4 Å². The molecule has 0 unspecified atom stereocenters. The molecule has 0 spiro atoms. The van der Waals surface area contributed by atoms with Crippen LogP contribution < -0.4 is 4.90 Å². The van der Waals surface area contributed by atoms with Crippen molar-refractivity contribution in [1.82, 2.24) is 18.8 Å². The van der Waals surface area contributed by atoms with Gasteiger partial charge in [-0.05, 0) is 67.6 Å². The highest BCUT2D eigenvalue weighted by molar-refractivity contribution is 7.97. The second-order valence-electron chi connectivity index (χ2n) is 8.84.